The summed E-state index contributed by atoms with van der Waals surface area (Å²) in [6.45, 7) is 6.52. The number of Topliss-reactive ketones (excluding diaryl/α,β-unsaturated/α-hetero) is 1. The topological polar surface area (TPSA) is 123 Å². The molecule has 0 saturated carbocycles. The largest absolute Gasteiger partial charge is 0.497 e. The summed E-state index contributed by atoms with van der Waals surface area (Å²) in [5, 5.41) is 6.00. The van der Waals surface area contributed by atoms with Crippen LogP contribution in [0, 0.1) is 5.92 Å². The first-order valence-electron chi connectivity index (χ1n) is 16.5. The minimum Gasteiger partial charge on any atom is -0.497 e. The van der Waals surface area contributed by atoms with Gasteiger partial charge in [0.1, 0.15) is 23.4 Å². The number of ether oxygens (including phenoxy) is 2. The highest BCUT2D eigenvalue weighted by molar-refractivity contribution is 7.20. The quantitative estimate of drug-likeness (QED) is 0.114. The average molecular weight is 694 g/mol. The zero-order chi connectivity index (χ0) is 35.6. The first kappa shape index (κ1) is 36.0. The molecule has 2 atom stereocenters. The summed E-state index contributed by atoms with van der Waals surface area (Å²) in [4.78, 5) is 51.1. The number of hydrogen-bond donors (Lipinski definition) is 2. The molecular weight excluding hydrogens is 651 g/mol. The van der Waals surface area contributed by atoms with E-state index in [1.54, 1.807) is 20.4 Å². The van der Waals surface area contributed by atoms with E-state index in [0.29, 0.717) is 24.5 Å². The van der Waals surface area contributed by atoms with E-state index in [1.807, 2.05) is 98.8 Å². The Labute approximate surface area is 296 Å². The summed E-state index contributed by atoms with van der Waals surface area (Å²) in [5.41, 5.74) is 3.66. The van der Waals surface area contributed by atoms with E-state index in [4.69, 9.17) is 14.5 Å². The number of aromatic nitrogens is 2. The predicted octanol–water partition coefficient (Wildman–Crippen LogP) is 6.38. The number of hydrogen-bond acceptors (Lipinski definition) is 9. The van der Waals surface area contributed by atoms with Crippen molar-refractivity contribution >= 4 is 45.0 Å². The Morgan fingerprint density at radius 1 is 0.780 bits per heavy atom. The number of amides is 2. The summed E-state index contributed by atoms with van der Waals surface area (Å²) in [5.74, 6) is 1.44. The fourth-order valence-electron chi connectivity index (χ4n) is 5.64. The number of anilines is 1. The standard InChI is InChI=1S/C39H43N5O5S/c1-25(2)20-34(41-26(3)45)38(47)42-33(37(46)39-43-32-8-6-7-9-35(32)50-39)21-29-14-19-36(40-22-29)44(23-27-10-15-30(48-4)16-11-27)24-28-12-17-31(49-5)18-13-28/h6-19,22,25,33-34H,20-21,23-24H2,1-5H3,(H,41,45)(H,42,47). The van der Waals surface area contributed by atoms with E-state index >= 15 is 0 Å². The van der Waals surface area contributed by atoms with Crippen LogP contribution in [0.5, 0.6) is 11.5 Å². The van der Waals surface area contributed by atoms with Crippen LogP contribution in [0.3, 0.4) is 0 Å². The number of para-hydroxylation sites is 1. The normalized spacial score (nSPS) is 12.3. The number of fused-ring (bicyclic) bond motifs is 1. The van der Waals surface area contributed by atoms with E-state index in [0.717, 1.165) is 44.2 Å². The lowest BCUT2D eigenvalue weighted by Crippen LogP contribution is -2.52. The summed E-state index contributed by atoms with van der Waals surface area (Å²) < 4.78 is 11.6. The second-order valence-electron chi connectivity index (χ2n) is 12.6. The monoisotopic (exact) mass is 693 g/mol. The Kier molecular flexibility index (Phi) is 12.2. The van der Waals surface area contributed by atoms with Crippen LogP contribution in [-0.4, -0.2) is 53.9 Å². The molecule has 10 nitrogen and oxygen atoms in total. The van der Waals surface area contributed by atoms with E-state index in [9.17, 15) is 14.4 Å². The number of thiazole rings is 1. The van der Waals surface area contributed by atoms with Gasteiger partial charge in [0.05, 0.1) is 30.5 Å². The molecule has 11 heteroatoms. The Morgan fingerprint density at radius 3 is 1.90 bits per heavy atom. The maximum Gasteiger partial charge on any atom is 0.243 e. The van der Waals surface area contributed by atoms with Crippen molar-refractivity contribution < 1.29 is 23.9 Å². The van der Waals surface area contributed by atoms with Crippen LogP contribution in [-0.2, 0) is 29.1 Å². The number of rotatable bonds is 16. The van der Waals surface area contributed by atoms with Crippen molar-refractivity contribution in [3.05, 3.63) is 113 Å². The van der Waals surface area contributed by atoms with Crippen molar-refractivity contribution in [3.8, 4) is 11.5 Å². The van der Waals surface area contributed by atoms with Gasteiger partial charge in [-0.1, -0.05) is 56.3 Å². The molecule has 0 aliphatic heterocycles. The zero-order valence-corrected chi connectivity index (χ0v) is 29.8. The third kappa shape index (κ3) is 9.66. The molecule has 2 aromatic heterocycles. The number of ketones is 1. The van der Waals surface area contributed by atoms with Crippen molar-refractivity contribution in [2.24, 2.45) is 5.92 Å². The van der Waals surface area contributed by atoms with Crippen LogP contribution in [0.25, 0.3) is 10.2 Å². The van der Waals surface area contributed by atoms with Gasteiger partial charge < -0.3 is 25.0 Å². The van der Waals surface area contributed by atoms with E-state index in [2.05, 4.69) is 20.5 Å². The van der Waals surface area contributed by atoms with Gasteiger partial charge in [-0.05, 0) is 71.5 Å². The molecule has 0 fully saturated rings. The highest BCUT2D eigenvalue weighted by atomic mass is 32.1. The number of methoxy groups -OCH3 is 2. The molecular formula is C39H43N5O5S. The SMILES string of the molecule is COc1ccc(CN(Cc2ccc(OC)cc2)c2ccc(CC(NC(=O)C(CC(C)C)NC(C)=O)C(=O)c3nc4ccccc4s3)cn2)cc1. The molecule has 0 bridgehead atoms. The van der Waals surface area contributed by atoms with Gasteiger partial charge in [0.15, 0.2) is 5.01 Å². The lowest BCUT2D eigenvalue weighted by atomic mass is 10.00. The maximum absolute atomic E-state index is 14.0. The average Bonchev–Trinajstić information content (AvgIpc) is 3.55. The van der Waals surface area contributed by atoms with Gasteiger partial charge >= 0.3 is 0 Å². The third-order valence-electron chi connectivity index (χ3n) is 8.18. The van der Waals surface area contributed by atoms with Crippen LogP contribution in [0.4, 0.5) is 5.82 Å². The Balaban J connectivity index is 1.41. The Bertz CT molecular complexity index is 1810. The molecule has 2 amide bonds. The third-order valence-corrected chi connectivity index (χ3v) is 9.23. The number of nitrogens with one attached hydrogen (secondary N) is 2. The molecule has 0 saturated heterocycles. The summed E-state index contributed by atoms with van der Waals surface area (Å²) in [6.07, 6.45) is 2.37. The first-order valence-corrected chi connectivity index (χ1v) is 17.4. The molecule has 50 heavy (non-hydrogen) atoms. The second-order valence-corrected chi connectivity index (χ2v) is 13.6. The van der Waals surface area contributed by atoms with E-state index in [1.165, 1.54) is 18.3 Å². The zero-order valence-electron chi connectivity index (χ0n) is 29.0. The number of pyridine rings is 1. The summed E-state index contributed by atoms with van der Waals surface area (Å²) in [7, 11) is 3.29. The van der Waals surface area contributed by atoms with Crippen LogP contribution < -0.4 is 25.0 Å². The van der Waals surface area contributed by atoms with Gasteiger partial charge in [0.25, 0.3) is 0 Å². The van der Waals surface area contributed by atoms with Gasteiger partial charge in [-0.15, -0.1) is 11.3 Å². The van der Waals surface area contributed by atoms with Crippen LogP contribution in [0.15, 0.2) is 91.1 Å². The van der Waals surface area contributed by atoms with Gasteiger partial charge in [0, 0.05) is 32.6 Å². The first-order chi connectivity index (χ1) is 24.1. The Morgan fingerprint density at radius 2 is 1.38 bits per heavy atom. The van der Waals surface area contributed by atoms with Crippen LogP contribution >= 0.6 is 11.3 Å². The smallest absolute Gasteiger partial charge is 0.243 e. The number of benzene rings is 3. The number of nitrogens with zero attached hydrogens (tertiary/aromatic N) is 3. The molecule has 0 spiro atoms. The van der Waals surface area contributed by atoms with Crippen molar-refractivity contribution in [2.45, 2.75) is 58.8 Å². The Hall–Kier alpha value is -5.29. The van der Waals surface area contributed by atoms with Gasteiger partial charge in [-0.25, -0.2) is 9.97 Å². The fourth-order valence-corrected chi connectivity index (χ4v) is 6.60. The molecule has 260 valence electrons. The van der Waals surface area contributed by atoms with Crippen molar-refractivity contribution in [1.82, 2.24) is 20.6 Å². The van der Waals surface area contributed by atoms with Crippen molar-refractivity contribution in [3.63, 3.8) is 0 Å². The van der Waals surface area contributed by atoms with E-state index < -0.39 is 18.0 Å². The number of carbonyl (C=O) groups is 3. The molecule has 2 unspecified atom stereocenters. The van der Waals surface area contributed by atoms with E-state index in [-0.39, 0.29) is 24.0 Å². The van der Waals surface area contributed by atoms with Crippen LogP contribution in [0.1, 0.15) is 53.7 Å². The fraction of sp³-hybridized carbons (Fsp3) is 0.308. The van der Waals surface area contributed by atoms with Crippen molar-refractivity contribution in [2.75, 3.05) is 19.1 Å². The molecule has 3 aromatic carbocycles. The van der Waals surface area contributed by atoms with Gasteiger partial charge in [0.2, 0.25) is 17.6 Å². The summed E-state index contributed by atoms with van der Waals surface area (Å²) in [6, 6.07) is 25.6. The minimum atomic E-state index is -0.922. The maximum atomic E-state index is 14.0. The molecule has 0 aliphatic rings. The number of carbonyl (C=O) groups excluding carboxylic acids is 3. The predicted molar refractivity (Wildman–Crippen MR) is 197 cm³/mol. The molecule has 2 N–H and O–H groups in total. The molecule has 5 rings (SSSR count). The lowest BCUT2D eigenvalue weighted by Gasteiger charge is -2.25. The molecule has 5 aromatic rings. The second kappa shape index (κ2) is 16.9. The van der Waals surface area contributed by atoms with Gasteiger partial charge in [-0.3, -0.25) is 14.4 Å². The highest BCUT2D eigenvalue weighted by Crippen LogP contribution is 2.25. The van der Waals surface area contributed by atoms with Crippen LogP contribution in [0.2, 0.25) is 0 Å². The minimum absolute atomic E-state index is 0.145. The molecule has 0 radical (unpaired) electrons. The van der Waals surface area contributed by atoms with Crippen molar-refractivity contribution in [1.29, 1.82) is 0 Å². The molecule has 2 heterocycles. The molecule has 0 aliphatic carbocycles. The highest BCUT2D eigenvalue weighted by Gasteiger charge is 2.29. The summed E-state index contributed by atoms with van der Waals surface area (Å²) >= 11 is 1.29. The van der Waals surface area contributed by atoms with Gasteiger partial charge in [-0.2, -0.15) is 0 Å². The lowest BCUT2D eigenvalue weighted by molar-refractivity contribution is -0.128.